The second-order valence-electron chi connectivity index (χ2n) is 4.48. The van der Waals surface area contributed by atoms with Crippen LogP contribution in [0, 0.1) is 13.8 Å². The van der Waals surface area contributed by atoms with E-state index in [0.29, 0.717) is 6.61 Å². The monoisotopic (exact) mass is 275 g/mol. The Kier molecular flexibility index (Phi) is 4.69. The van der Waals surface area contributed by atoms with Crippen LogP contribution in [0.2, 0.25) is 5.02 Å². The maximum absolute atomic E-state index is 5.83. The van der Waals surface area contributed by atoms with Crippen LogP contribution in [0.3, 0.4) is 0 Å². The molecule has 100 valence electrons. The molecule has 0 aliphatic rings. The summed E-state index contributed by atoms with van der Waals surface area (Å²) >= 11 is 5.83. The summed E-state index contributed by atoms with van der Waals surface area (Å²) in [5.41, 5.74) is 3.51. The second-order valence-corrected chi connectivity index (χ2v) is 4.92. The highest BCUT2D eigenvalue weighted by atomic mass is 35.5. The lowest BCUT2D eigenvalue weighted by molar-refractivity contribution is 0.330. The molecule has 19 heavy (non-hydrogen) atoms. The van der Waals surface area contributed by atoms with E-state index >= 15 is 0 Å². The van der Waals surface area contributed by atoms with E-state index in [1.54, 1.807) is 0 Å². The molecule has 2 rings (SSSR count). The maximum Gasteiger partial charge on any atom is 0.122 e. The minimum absolute atomic E-state index is 0.632. The predicted molar refractivity (Wildman–Crippen MR) is 81.4 cm³/mol. The minimum atomic E-state index is 0.632. The zero-order valence-electron chi connectivity index (χ0n) is 11.2. The number of rotatable bonds is 5. The molecule has 2 aromatic rings. The van der Waals surface area contributed by atoms with Gasteiger partial charge in [0.25, 0.3) is 0 Å². The fourth-order valence-corrected chi connectivity index (χ4v) is 1.93. The van der Waals surface area contributed by atoms with E-state index in [4.69, 9.17) is 16.3 Å². The molecule has 0 aromatic heterocycles. The summed E-state index contributed by atoms with van der Waals surface area (Å²) in [7, 11) is 0. The average molecular weight is 276 g/mol. The lowest BCUT2D eigenvalue weighted by atomic mass is 10.1. The Labute approximate surface area is 119 Å². The smallest absolute Gasteiger partial charge is 0.122 e. The van der Waals surface area contributed by atoms with Crippen molar-refractivity contribution < 1.29 is 4.74 Å². The summed E-state index contributed by atoms with van der Waals surface area (Å²) in [6, 6.07) is 13.8. The molecule has 3 heteroatoms. The number of anilines is 1. The van der Waals surface area contributed by atoms with E-state index in [-0.39, 0.29) is 0 Å². The van der Waals surface area contributed by atoms with Gasteiger partial charge in [0.1, 0.15) is 12.4 Å². The number of hydrogen-bond acceptors (Lipinski definition) is 2. The third-order valence-corrected chi connectivity index (χ3v) is 3.34. The molecule has 0 aliphatic carbocycles. The fourth-order valence-electron chi connectivity index (χ4n) is 1.80. The summed E-state index contributed by atoms with van der Waals surface area (Å²) in [6.07, 6.45) is 0. The van der Waals surface area contributed by atoms with Crippen molar-refractivity contribution in [2.75, 3.05) is 18.5 Å². The molecule has 0 heterocycles. The highest BCUT2D eigenvalue weighted by Crippen LogP contribution is 2.20. The molecule has 0 aliphatic heterocycles. The van der Waals surface area contributed by atoms with Gasteiger partial charge in [-0.1, -0.05) is 23.7 Å². The number of nitrogens with one attached hydrogen (secondary N) is 1. The molecule has 0 saturated heterocycles. The Hall–Kier alpha value is -1.67. The number of benzene rings is 2. The molecule has 2 aromatic carbocycles. The number of aryl methyl sites for hydroxylation is 1. The molecule has 0 bridgehead atoms. The van der Waals surface area contributed by atoms with Crippen molar-refractivity contribution in [2.24, 2.45) is 0 Å². The topological polar surface area (TPSA) is 21.3 Å². The highest BCUT2D eigenvalue weighted by Gasteiger charge is 2.01. The van der Waals surface area contributed by atoms with Gasteiger partial charge in [0.15, 0.2) is 0 Å². The minimum Gasteiger partial charge on any atom is -0.491 e. The first-order chi connectivity index (χ1) is 9.16. The summed E-state index contributed by atoms with van der Waals surface area (Å²) in [4.78, 5) is 0. The van der Waals surface area contributed by atoms with Crippen LogP contribution in [0.5, 0.6) is 5.75 Å². The van der Waals surface area contributed by atoms with Gasteiger partial charge in [-0.15, -0.1) is 0 Å². The SMILES string of the molecule is Cc1cccc(OCCNc2ccc(Cl)cc2)c1C. The number of ether oxygens (including phenoxy) is 1. The van der Waals surface area contributed by atoms with Crippen molar-refractivity contribution in [3.05, 3.63) is 58.6 Å². The summed E-state index contributed by atoms with van der Waals surface area (Å²) < 4.78 is 5.77. The van der Waals surface area contributed by atoms with Crippen LogP contribution in [0.15, 0.2) is 42.5 Å². The zero-order valence-corrected chi connectivity index (χ0v) is 12.0. The Morgan fingerprint density at radius 1 is 1.05 bits per heavy atom. The molecule has 0 saturated carbocycles. The molecular weight excluding hydrogens is 258 g/mol. The molecule has 0 atom stereocenters. The van der Waals surface area contributed by atoms with Crippen molar-refractivity contribution in [2.45, 2.75) is 13.8 Å². The first-order valence-corrected chi connectivity index (χ1v) is 6.73. The summed E-state index contributed by atoms with van der Waals surface area (Å²) in [6.45, 7) is 5.56. The van der Waals surface area contributed by atoms with Crippen LogP contribution >= 0.6 is 11.6 Å². The third-order valence-electron chi connectivity index (χ3n) is 3.09. The van der Waals surface area contributed by atoms with E-state index < -0.39 is 0 Å². The van der Waals surface area contributed by atoms with Gasteiger partial charge in [-0.05, 0) is 55.3 Å². The zero-order chi connectivity index (χ0) is 13.7. The molecule has 0 fully saturated rings. The third kappa shape index (κ3) is 3.90. The van der Waals surface area contributed by atoms with Crippen LogP contribution in [0.1, 0.15) is 11.1 Å². The first kappa shape index (κ1) is 13.8. The van der Waals surface area contributed by atoms with E-state index in [9.17, 15) is 0 Å². The predicted octanol–water partition coefficient (Wildman–Crippen LogP) is 4.45. The average Bonchev–Trinajstić information content (AvgIpc) is 2.41. The van der Waals surface area contributed by atoms with Crippen molar-refractivity contribution >= 4 is 17.3 Å². The quantitative estimate of drug-likeness (QED) is 0.814. The van der Waals surface area contributed by atoms with Crippen LogP contribution in [-0.2, 0) is 0 Å². The Morgan fingerprint density at radius 2 is 1.79 bits per heavy atom. The van der Waals surface area contributed by atoms with Crippen molar-refractivity contribution in [1.29, 1.82) is 0 Å². The van der Waals surface area contributed by atoms with Crippen molar-refractivity contribution in [3.8, 4) is 5.75 Å². The van der Waals surface area contributed by atoms with E-state index in [1.165, 1.54) is 11.1 Å². The Balaban J connectivity index is 1.81. The van der Waals surface area contributed by atoms with Gasteiger partial charge in [0, 0.05) is 17.3 Å². The van der Waals surface area contributed by atoms with Gasteiger partial charge in [-0.3, -0.25) is 0 Å². The first-order valence-electron chi connectivity index (χ1n) is 6.35. The molecule has 1 N–H and O–H groups in total. The molecule has 0 spiro atoms. The van der Waals surface area contributed by atoms with Gasteiger partial charge in [-0.25, -0.2) is 0 Å². The van der Waals surface area contributed by atoms with Gasteiger partial charge < -0.3 is 10.1 Å². The second kappa shape index (κ2) is 6.48. The van der Waals surface area contributed by atoms with E-state index in [0.717, 1.165) is 23.0 Å². The summed E-state index contributed by atoms with van der Waals surface area (Å²) in [5.74, 6) is 0.956. The molecule has 0 radical (unpaired) electrons. The standard InChI is InChI=1S/C16H18ClNO/c1-12-4-3-5-16(13(12)2)19-11-10-18-15-8-6-14(17)7-9-15/h3-9,18H,10-11H2,1-2H3. The van der Waals surface area contributed by atoms with Crippen LogP contribution in [0.25, 0.3) is 0 Å². The van der Waals surface area contributed by atoms with Crippen molar-refractivity contribution in [3.63, 3.8) is 0 Å². The largest absolute Gasteiger partial charge is 0.491 e. The lowest BCUT2D eigenvalue weighted by Gasteiger charge is -2.12. The molecular formula is C16H18ClNO. The van der Waals surface area contributed by atoms with Crippen LogP contribution in [-0.4, -0.2) is 13.2 Å². The fraction of sp³-hybridized carbons (Fsp3) is 0.250. The lowest BCUT2D eigenvalue weighted by Crippen LogP contribution is -2.12. The van der Waals surface area contributed by atoms with Gasteiger partial charge in [0.05, 0.1) is 0 Å². The van der Waals surface area contributed by atoms with Gasteiger partial charge in [-0.2, -0.15) is 0 Å². The van der Waals surface area contributed by atoms with Gasteiger partial charge in [0.2, 0.25) is 0 Å². The Bertz CT molecular complexity index is 537. The molecule has 0 amide bonds. The van der Waals surface area contributed by atoms with Crippen molar-refractivity contribution in [1.82, 2.24) is 0 Å². The van der Waals surface area contributed by atoms with Gasteiger partial charge >= 0.3 is 0 Å². The molecule has 2 nitrogen and oxygen atoms in total. The summed E-state index contributed by atoms with van der Waals surface area (Å²) in [5, 5.41) is 4.04. The number of hydrogen-bond donors (Lipinski definition) is 1. The Morgan fingerprint density at radius 3 is 2.53 bits per heavy atom. The normalized spacial score (nSPS) is 10.3. The maximum atomic E-state index is 5.83. The number of halogens is 1. The van der Waals surface area contributed by atoms with E-state index in [1.807, 2.05) is 36.4 Å². The highest BCUT2D eigenvalue weighted by molar-refractivity contribution is 6.30. The van der Waals surface area contributed by atoms with Crippen LogP contribution in [0.4, 0.5) is 5.69 Å². The molecule has 0 unspecified atom stereocenters. The van der Waals surface area contributed by atoms with E-state index in [2.05, 4.69) is 25.2 Å². The van der Waals surface area contributed by atoms with Crippen LogP contribution < -0.4 is 10.1 Å².